The number of primary amides is 1. The molecule has 3 N–H and O–H groups in total. The Morgan fingerprint density at radius 1 is 1.11 bits per heavy atom. The molecule has 0 unspecified atom stereocenters. The van der Waals surface area contributed by atoms with Crippen LogP contribution < -0.4 is 15.8 Å². The molecule has 0 aliphatic heterocycles. The maximum Gasteiger partial charge on any atom is 0.331 e. The number of carbonyl (C=O) groups is 3. The van der Waals surface area contributed by atoms with Gasteiger partial charge in [-0.1, -0.05) is 18.2 Å². The first-order valence-electron chi connectivity index (χ1n) is 8.72. The van der Waals surface area contributed by atoms with Crippen molar-refractivity contribution in [2.45, 2.75) is 20.0 Å². The van der Waals surface area contributed by atoms with Crippen molar-refractivity contribution in [2.24, 2.45) is 5.73 Å². The molecule has 2 amide bonds. The molecule has 1 atom stereocenters. The van der Waals surface area contributed by atoms with Crippen molar-refractivity contribution in [1.82, 2.24) is 0 Å². The normalized spacial score (nSPS) is 11.6. The molecule has 0 heterocycles. The lowest BCUT2D eigenvalue weighted by Crippen LogP contribution is -2.29. The second kappa shape index (κ2) is 9.91. The van der Waals surface area contributed by atoms with Gasteiger partial charge in [0.2, 0.25) is 5.91 Å². The summed E-state index contributed by atoms with van der Waals surface area (Å²) in [6.07, 6.45) is 1.80. The maximum atomic E-state index is 12.2. The van der Waals surface area contributed by atoms with Crippen molar-refractivity contribution < 1.29 is 23.9 Å². The molecule has 28 heavy (non-hydrogen) atoms. The fraction of sp³-hybridized carbons (Fsp3) is 0.190. The summed E-state index contributed by atoms with van der Waals surface area (Å²) in [7, 11) is 0. The third kappa shape index (κ3) is 5.98. The van der Waals surface area contributed by atoms with E-state index in [-0.39, 0.29) is 0 Å². The van der Waals surface area contributed by atoms with E-state index in [1.54, 1.807) is 18.2 Å². The maximum absolute atomic E-state index is 12.2. The quantitative estimate of drug-likeness (QED) is 0.539. The van der Waals surface area contributed by atoms with Crippen LogP contribution in [-0.2, 0) is 14.3 Å². The van der Waals surface area contributed by atoms with Crippen LogP contribution in [0.5, 0.6) is 5.75 Å². The van der Waals surface area contributed by atoms with Crippen LogP contribution >= 0.6 is 0 Å². The minimum absolute atomic E-state index is 0.329. The number of hydrogen-bond acceptors (Lipinski definition) is 5. The van der Waals surface area contributed by atoms with Gasteiger partial charge in [0, 0.05) is 22.9 Å². The Bertz CT molecular complexity index is 875. The molecule has 7 heteroatoms. The average molecular weight is 382 g/mol. The second-order valence-electron chi connectivity index (χ2n) is 5.81. The van der Waals surface area contributed by atoms with Crippen LogP contribution in [-0.4, -0.2) is 30.5 Å². The Morgan fingerprint density at radius 3 is 2.43 bits per heavy atom. The van der Waals surface area contributed by atoms with Gasteiger partial charge in [-0.25, -0.2) is 4.79 Å². The van der Waals surface area contributed by atoms with E-state index in [2.05, 4.69) is 5.32 Å². The van der Waals surface area contributed by atoms with Gasteiger partial charge in [-0.05, 0) is 50.3 Å². The molecular formula is C21H22N2O5. The molecule has 146 valence electrons. The zero-order valence-corrected chi connectivity index (χ0v) is 15.7. The van der Waals surface area contributed by atoms with E-state index in [1.165, 1.54) is 37.3 Å². The molecule has 0 radical (unpaired) electrons. The fourth-order valence-electron chi connectivity index (χ4n) is 2.29. The first kappa shape index (κ1) is 20.7. The Kier molecular flexibility index (Phi) is 7.33. The number of hydrogen-bond donors (Lipinski definition) is 2. The van der Waals surface area contributed by atoms with E-state index < -0.39 is 23.9 Å². The van der Waals surface area contributed by atoms with Crippen molar-refractivity contribution >= 4 is 29.5 Å². The molecule has 2 aromatic carbocycles. The van der Waals surface area contributed by atoms with Crippen molar-refractivity contribution in [1.29, 1.82) is 0 Å². The lowest BCUT2D eigenvalue weighted by molar-refractivity contribution is -0.148. The zero-order valence-electron chi connectivity index (χ0n) is 15.7. The minimum atomic E-state index is -1.00. The highest BCUT2D eigenvalue weighted by molar-refractivity contribution is 5.97. The van der Waals surface area contributed by atoms with Gasteiger partial charge in [-0.2, -0.15) is 0 Å². The van der Waals surface area contributed by atoms with Gasteiger partial charge in [0.25, 0.3) is 5.91 Å². The number of benzene rings is 2. The van der Waals surface area contributed by atoms with E-state index in [1.807, 2.05) is 19.1 Å². The zero-order chi connectivity index (χ0) is 20.5. The summed E-state index contributed by atoms with van der Waals surface area (Å²) in [5.74, 6) is -1.06. The predicted octanol–water partition coefficient (Wildman–Crippen LogP) is 2.77. The van der Waals surface area contributed by atoms with Gasteiger partial charge >= 0.3 is 5.97 Å². The smallest absolute Gasteiger partial charge is 0.331 e. The number of anilines is 1. The molecule has 0 bridgehead atoms. The molecular weight excluding hydrogens is 360 g/mol. The van der Waals surface area contributed by atoms with Gasteiger partial charge in [0.1, 0.15) is 5.75 Å². The molecule has 2 aromatic rings. The highest BCUT2D eigenvalue weighted by Gasteiger charge is 2.17. The van der Waals surface area contributed by atoms with Crippen LogP contribution in [0.15, 0.2) is 54.6 Å². The molecule has 0 saturated heterocycles. The number of ether oxygens (including phenoxy) is 2. The minimum Gasteiger partial charge on any atom is -0.493 e. The Hall–Kier alpha value is -3.61. The summed E-state index contributed by atoms with van der Waals surface area (Å²) in [5.41, 5.74) is 6.68. The monoisotopic (exact) mass is 382 g/mol. The lowest BCUT2D eigenvalue weighted by Gasteiger charge is -2.12. The topological polar surface area (TPSA) is 108 Å². The third-order valence-corrected chi connectivity index (χ3v) is 3.72. The van der Waals surface area contributed by atoms with E-state index >= 15 is 0 Å². The average Bonchev–Trinajstić information content (AvgIpc) is 2.68. The lowest BCUT2D eigenvalue weighted by atomic mass is 10.2. The van der Waals surface area contributed by atoms with Crippen molar-refractivity contribution in [3.8, 4) is 5.75 Å². The van der Waals surface area contributed by atoms with Gasteiger partial charge in [0.05, 0.1) is 6.61 Å². The summed E-state index contributed by atoms with van der Waals surface area (Å²) < 4.78 is 10.6. The molecule has 0 aliphatic rings. The van der Waals surface area contributed by atoms with E-state index in [4.69, 9.17) is 15.2 Å². The standard InChI is InChI=1S/C21H22N2O5/c1-3-27-18-7-5-4-6-15(18)10-13-19(24)28-14(2)21(26)23-17-11-8-16(9-12-17)20(22)25/h4-14H,3H2,1-2H3,(H2,22,25)(H,23,26)/b13-10+/t14-/m1/s1. The van der Waals surface area contributed by atoms with Crippen molar-refractivity contribution in [3.63, 3.8) is 0 Å². The number of para-hydroxylation sites is 1. The van der Waals surface area contributed by atoms with Gasteiger partial charge < -0.3 is 20.5 Å². The Morgan fingerprint density at radius 2 is 1.79 bits per heavy atom. The van der Waals surface area contributed by atoms with Crippen molar-refractivity contribution in [3.05, 3.63) is 65.7 Å². The Balaban J connectivity index is 1.92. The van der Waals surface area contributed by atoms with Crippen LogP contribution in [0.3, 0.4) is 0 Å². The second-order valence-corrected chi connectivity index (χ2v) is 5.81. The highest BCUT2D eigenvalue weighted by Crippen LogP contribution is 2.19. The molecule has 2 rings (SSSR count). The van der Waals surface area contributed by atoms with Gasteiger partial charge in [0.15, 0.2) is 6.10 Å². The molecule has 0 spiro atoms. The summed E-state index contributed by atoms with van der Waals surface area (Å²) in [5, 5.41) is 2.60. The van der Waals surface area contributed by atoms with E-state index in [9.17, 15) is 14.4 Å². The van der Waals surface area contributed by atoms with Gasteiger partial charge in [-0.3, -0.25) is 9.59 Å². The molecule has 0 fully saturated rings. The largest absolute Gasteiger partial charge is 0.493 e. The number of nitrogens with one attached hydrogen (secondary N) is 1. The van der Waals surface area contributed by atoms with Crippen LogP contribution in [0.4, 0.5) is 5.69 Å². The molecule has 0 saturated carbocycles. The number of amides is 2. The van der Waals surface area contributed by atoms with Crippen LogP contribution in [0.2, 0.25) is 0 Å². The summed E-state index contributed by atoms with van der Waals surface area (Å²) >= 11 is 0. The number of carbonyl (C=O) groups excluding carboxylic acids is 3. The summed E-state index contributed by atoms with van der Waals surface area (Å²) in [4.78, 5) is 35.2. The highest BCUT2D eigenvalue weighted by atomic mass is 16.5. The SMILES string of the molecule is CCOc1ccccc1/C=C/C(=O)O[C@H](C)C(=O)Nc1ccc(C(N)=O)cc1. The number of rotatable bonds is 8. The van der Waals surface area contributed by atoms with Crippen LogP contribution in [0.25, 0.3) is 6.08 Å². The van der Waals surface area contributed by atoms with Crippen LogP contribution in [0.1, 0.15) is 29.8 Å². The number of esters is 1. The summed E-state index contributed by atoms with van der Waals surface area (Å²) in [6.45, 7) is 3.84. The van der Waals surface area contributed by atoms with Crippen LogP contribution in [0, 0.1) is 0 Å². The fourth-order valence-corrected chi connectivity index (χ4v) is 2.29. The Labute approximate surface area is 163 Å². The first-order valence-corrected chi connectivity index (χ1v) is 8.72. The first-order chi connectivity index (χ1) is 13.4. The van der Waals surface area contributed by atoms with Gasteiger partial charge in [-0.15, -0.1) is 0 Å². The molecule has 7 nitrogen and oxygen atoms in total. The molecule has 0 aliphatic carbocycles. The van der Waals surface area contributed by atoms with E-state index in [0.717, 1.165) is 5.56 Å². The molecule has 0 aromatic heterocycles. The van der Waals surface area contributed by atoms with E-state index in [0.29, 0.717) is 23.6 Å². The predicted molar refractivity (Wildman–Crippen MR) is 106 cm³/mol. The summed E-state index contributed by atoms with van der Waals surface area (Å²) in [6, 6.07) is 13.3. The number of nitrogens with two attached hydrogens (primary N) is 1. The third-order valence-electron chi connectivity index (χ3n) is 3.72. The van der Waals surface area contributed by atoms with Crippen molar-refractivity contribution in [2.75, 3.05) is 11.9 Å².